The summed E-state index contributed by atoms with van der Waals surface area (Å²) in [6.07, 6.45) is 2.27. The van der Waals surface area contributed by atoms with Crippen LogP contribution in [0.5, 0.6) is 0 Å². The molecule has 0 aliphatic heterocycles. The lowest BCUT2D eigenvalue weighted by Gasteiger charge is -2.08. The minimum atomic E-state index is -0.779. The van der Waals surface area contributed by atoms with Crippen molar-refractivity contribution in [2.75, 3.05) is 18.6 Å². The molecule has 56 valence electrons. The van der Waals surface area contributed by atoms with E-state index < -0.39 is 11.2 Å². The van der Waals surface area contributed by atoms with Crippen molar-refractivity contribution in [3.63, 3.8) is 0 Å². The molecule has 0 saturated carbocycles. The van der Waals surface area contributed by atoms with Gasteiger partial charge in [0.1, 0.15) is 5.75 Å². The average Bonchev–Trinajstić information content (AvgIpc) is 1.83. The summed E-state index contributed by atoms with van der Waals surface area (Å²) in [4.78, 5) is 0. The molecule has 0 aromatic heterocycles. The molecule has 0 bridgehead atoms. The summed E-state index contributed by atoms with van der Waals surface area (Å²) in [6, 6.07) is -0.200. The molecule has 0 rings (SSSR count). The number of hydrogen-bond donors (Lipinski definition) is 2. The Morgan fingerprint density at radius 1 is 1.78 bits per heavy atom. The first-order valence-corrected chi connectivity index (χ1v) is 4.56. The van der Waals surface area contributed by atoms with Crippen molar-refractivity contribution in [2.24, 2.45) is 5.73 Å². The molecule has 1 unspecified atom stereocenters. The molecule has 3 nitrogen and oxygen atoms in total. The maximum atomic E-state index is 10.4. The minimum absolute atomic E-state index is 0.0167. The SMILES string of the molecule is C[S+]([O-])CC[C@H](N)CO. The highest BCUT2D eigenvalue weighted by molar-refractivity contribution is 7.90. The molecule has 0 radical (unpaired) electrons. The molecule has 9 heavy (non-hydrogen) atoms. The number of aliphatic hydroxyl groups excluding tert-OH is 1. The molecule has 0 aliphatic carbocycles. The Morgan fingerprint density at radius 3 is 2.67 bits per heavy atom. The Bertz CT molecular complexity index is 70.0. The lowest BCUT2D eigenvalue weighted by atomic mass is 10.3. The van der Waals surface area contributed by atoms with E-state index in [-0.39, 0.29) is 12.6 Å². The van der Waals surface area contributed by atoms with Crippen LogP contribution in [0.3, 0.4) is 0 Å². The van der Waals surface area contributed by atoms with Gasteiger partial charge in [-0.1, -0.05) is 11.2 Å². The van der Waals surface area contributed by atoms with Crippen molar-refractivity contribution in [3.05, 3.63) is 0 Å². The number of aliphatic hydroxyl groups is 1. The summed E-state index contributed by atoms with van der Waals surface area (Å²) in [5, 5.41) is 8.42. The lowest BCUT2D eigenvalue weighted by molar-refractivity contribution is 0.263. The van der Waals surface area contributed by atoms with E-state index in [2.05, 4.69) is 0 Å². The molecule has 0 fully saturated rings. The fourth-order valence-electron chi connectivity index (χ4n) is 0.409. The van der Waals surface area contributed by atoms with Crippen molar-refractivity contribution in [3.8, 4) is 0 Å². The molecule has 2 atom stereocenters. The molecule has 0 amide bonds. The summed E-state index contributed by atoms with van der Waals surface area (Å²) in [5.41, 5.74) is 5.34. The fraction of sp³-hybridized carbons (Fsp3) is 1.00. The van der Waals surface area contributed by atoms with Gasteiger partial charge in [-0.3, -0.25) is 0 Å². The van der Waals surface area contributed by atoms with Gasteiger partial charge in [-0.2, -0.15) is 0 Å². The summed E-state index contributed by atoms with van der Waals surface area (Å²) in [5.74, 6) is 0.585. The van der Waals surface area contributed by atoms with Gasteiger partial charge < -0.3 is 15.4 Å². The zero-order valence-corrected chi connectivity index (χ0v) is 6.36. The molecule has 0 saturated heterocycles. The van der Waals surface area contributed by atoms with E-state index in [0.29, 0.717) is 12.2 Å². The van der Waals surface area contributed by atoms with Crippen LogP contribution in [0, 0.1) is 0 Å². The van der Waals surface area contributed by atoms with E-state index in [0.717, 1.165) is 0 Å². The second-order valence-electron chi connectivity index (χ2n) is 2.01. The number of hydrogen-bond acceptors (Lipinski definition) is 3. The van der Waals surface area contributed by atoms with E-state index >= 15 is 0 Å². The van der Waals surface area contributed by atoms with Gasteiger partial charge in [-0.05, 0) is 0 Å². The molecule has 0 aromatic rings. The van der Waals surface area contributed by atoms with Crippen molar-refractivity contribution in [2.45, 2.75) is 12.5 Å². The smallest absolute Gasteiger partial charge is 0.106 e. The number of nitrogens with two attached hydrogens (primary N) is 1. The van der Waals surface area contributed by atoms with Crippen molar-refractivity contribution in [1.82, 2.24) is 0 Å². The first kappa shape index (κ1) is 9.23. The Kier molecular flexibility index (Phi) is 5.18. The van der Waals surface area contributed by atoms with Gasteiger partial charge in [0.15, 0.2) is 0 Å². The van der Waals surface area contributed by atoms with Gasteiger partial charge in [-0.25, -0.2) is 0 Å². The topological polar surface area (TPSA) is 69.3 Å². The van der Waals surface area contributed by atoms with Gasteiger partial charge in [0, 0.05) is 12.5 Å². The standard InChI is InChI=1S/C5H13NO2S/c1-9(8)3-2-5(6)4-7/h5,7H,2-4,6H2,1H3/t5-,9?/m0/s1. The van der Waals surface area contributed by atoms with Crippen LogP contribution in [-0.2, 0) is 11.2 Å². The normalized spacial score (nSPS) is 17.3. The highest BCUT2D eigenvalue weighted by Gasteiger charge is 2.03. The summed E-state index contributed by atoms with van der Waals surface area (Å²) >= 11 is -0.779. The van der Waals surface area contributed by atoms with Crippen LogP contribution >= 0.6 is 0 Å². The van der Waals surface area contributed by atoms with Crippen LogP contribution in [0.4, 0.5) is 0 Å². The first-order chi connectivity index (χ1) is 4.16. The highest BCUT2D eigenvalue weighted by Crippen LogP contribution is 1.91. The van der Waals surface area contributed by atoms with Gasteiger partial charge in [0.25, 0.3) is 0 Å². The second-order valence-corrected chi connectivity index (χ2v) is 3.56. The zero-order chi connectivity index (χ0) is 7.28. The highest BCUT2D eigenvalue weighted by atomic mass is 32.2. The Morgan fingerprint density at radius 2 is 2.33 bits per heavy atom. The van der Waals surface area contributed by atoms with Crippen LogP contribution < -0.4 is 5.73 Å². The minimum Gasteiger partial charge on any atom is -0.617 e. The third kappa shape index (κ3) is 6.11. The molecule has 0 aliphatic rings. The molecular weight excluding hydrogens is 138 g/mol. The quantitative estimate of drug-likeness (QED) is 0.510. The third-order valence-corrected chi connectivity index (χ3v) is 1.82. The van der Waals surface area contributed by atoms with Crippen LogP contribution in [-0.4, -0.2) is 34.3 Å². The summed E-state index contributed by atoms with van der Waals surface area (Å²) in [7, 11) is 0. The maximum absolute atomic E-state index is 10.4. The van der Waals surface area contributed by atoms with E-state index in [1.165, 1.54) is 0 Å². The molecular formula is C5H13NO2S. The predicted molar refractivity (Wildman–Crippen MR) is 38.6 cm³/mol. The van der Waals surface area contributed by atoms with E-state index in [1.807, 2.05) is 0 Å². The largest absolute Gasteiger partial charge is 0.617 e. The average molecular weight is 151 g/mol. The lowest BCUT2D eigenvalue weighted by Crippen LogP contribution is -2.26. The first-order valence-electron chi connectivity index (χ1n) is 2.83. The van der Waals surface area contributed by atoms with Crippen molar-refractivity contribution >= 4 is 11.2 Å². The molecule has 0 aromatic carbocycles. The predicted octanol–water partition coefficient (Wildman–Crippen LogP) is -0.925. The van der Waals surface area contributed by atoms with Crippen LogP contribution in [0.2, 0.25) is 0 Å². The van der Waals surface area contributed by atoms with Crippen LogP contribution in [0.25, 0.3) is 0 Å². The number of rotatable bonds is 4. The van der Waals surface area contributed by atoms with Crippen LogP contribution in [0.1, 0.15) is 6.42 Å². The zero-order valence-electron chi connectivity index (χ0n) is 5.54. The Balaban J connectivity index is 3.06. The Hall–Kier alpha value is 0.230. The monoisotopic (exact) mass is 151 g/mol. The third-order valence-electron chi connectivity index (χ3n) is 1.01. The van der Waals surface area contributed by atoms with Crippen molar-refractivity contribution in [1.29, 1.82) is 0 Å². The van der Waals surface area contributed by atoms with Gasteiger partial charge in [0.05, 0.1) is 12.9 Å². The van der Waals surface area contributed by atoms with E-state index in [4.69, 9.17) is 10.8 Å². The fourth-order valence-corrected chi connectivity index (χ4v) is 1.04. The second kappa shape index (κ2) is 5.05. The van der Waals surface area contributed by atoms with Crippen LogP contribution in [0.15, 0.2) is 0 Å². The molecule has 0 spiro atoms. The molecule has 3 N–H and O–H groups in total. The van der Waals surface area contributed by atoms with E-state index in [9.17, 15) is 4.55 Å². The maximum Gasteiger partial charge on any atom is 0.106 e. The molecule has 4 heteroatoms. The van der Waals surface area contributed by atoms with E-state index in [1.54, 1.807) is 6.26 Å². The summed E-state index contributed by atoms with van der Waals surface area (Å²) in [6.45, 7) is -0.0167. The van der Waals surface area contributed by atoms with Crippen molar-refractivity contribution < 1.29 is 9.66 Å². The van der Waals surface area contributed by atoms with Gasteiger partial charge in [-0.15, -0.1) is 0 Å². The van der Waals surface area contributed by atoms with Gasteiger partial charge >= 0.3 is 0 Å². The molecule has 0 heterocycles. The Labute approximate surface area is 58.4 Å². The van der Waals surface area contributed by atoms with Gasteiger partial charge in [0.2, 0.25) is 0 Å². The summed E-state index contributed by atoms with van der Waals surface area (Å²) < 4.78 is 10.4.